The third-order valence-corrected chi connectivity index (χ3v) is 6.26. The van der Waals surface area contributed by atoms with Crippen LogP contribution in [0.2, 0.25) is 0 Å². The summed E-state index contributed by atoms with van der Waals surface area (Å²) in [7, 11) is 0. The van der Waals surface area contributed by atoms with E-state index in [-0.39, 0.29) is 12.2 Å². The summed E-state index contributed by atoms with van der Waals surface area (Å²) in [6.07, 6.45) is 18.8. The van der Waals surface area contributed by atoms with Gasteiger partial charge in [0.15, 0.2) is 0 Å². The van der Waals surface area contributed by atoms with Gasteiger partial charge >= 0.3 is 0 Å². The Morgan fingerprint density at radius 1 is 0.788 bits per heavy atom. The van der Waals surface area contributed by atoms with Gasteiger partial charge in [-0.15, -0.1) is 0 Å². The van der Waals surface area contributed by atoms with E-state index >= 15 is 0 Å². The lowest BCUT2D eigenvalue weighted by Gasteiger charge is -2.18. The first-order chi connectivity index (χ1) is 16.3. The summed E-state index contributed by atoms with van der Waals surface area (Å²) in [4.78, 5) is 0. The second-order valence-electron chi connectivity index (χ2n) is 9.58. The first-order valence-corrected chi connectivity index (χ1v) is 13.8. The molecule has 1 heterocycles. The van der Waals surface area contributed by atoms with E-state index in [0.29, 0.717) is 19.8 Å². The van der Waals surface area contributed by atoms with Crippen molar-refractivity contribution < 1.29 is 18.9 Å². The third-order valence-electron chi connectivity index (χ3n) is 6.26. The summed E-state index contributed by atoms with van der Waals surface area (Å²) < 4.78 is 23.2. The van der Waals surface area contributed by atoms with Crippen LogP contribution >= 0.6 is 0 Å². The monoisotopic (exact) mass is 462 g/mol. The Morgan fingerprint density at radius 3 is 1.97 bits per heavy atom. The number of aryl methyl sites for hydroxylation is 1. The molecule has 0 aliphatic carbocycles. The average Bonchev–Trinajstić information content (AvgIpc) is 3.66. The van der Waals surface area contributed by atoms with Crippen molar-refractivity contribution in [1.82, 2.24) is 0 Å². The van der Waals surface area contributed by atoms with Gasteiger partial charge in [0, 0.05) is 6.61 Å². The van der Waals surface area contributed by atoms with E-state index in [1.807, 2.05) is 0 Å². The van der Waals surface area contributed by atoms with E-state index in [4.69, 9.17) is 18.9 Å². The molecule has 33 heavy (non-hydrogen) atoms. The molecule has 1 aromatic rings. The first kappa shape index (κ1) is 28.1. The quantitative estimate of drug-likeness (QED) is 0.125. The van der Waals surface area contributed by atoms with Gasteiger partial charge in [0.05, 0.1) is 19.8 Å². The van der Waals surface area contributed by atoms with E-state index in [1.54, 1.807) is 0 Å². The molecule has 4 nitrogen and oxygen atoms in total. The molecule has 4 heteroatoms. The van der Waals surface area contributed by atoms with E-state index in [9.17, 15) is 0 Å². The van der Waals surface area contributed by atoms with Crippen molar-refractivity contribution in [3.63, 3.8) is 0 Å². The molecule has 0 saturated carbocycles. The second-order valence-corrected chi connectivity index (χ2v) is 9.58. The van der Waals surface area contributed by atoms with Crippen LogP contribution in [0.5, 0.6) is 5.75 Å². The van der Waals surface area contributed by atoms with Crippen LogP contribution in [0.15, 0.2) is 24.3 Å². The normalized spacial score (nSPS) is 16.1. The van der Waals surface area contributed by atoms with E-state index in [0.717, 1.165) is 38.2 Å². The molecule has 0 amide bonds. The first-order valence-electron chi connectivity index (χ1n) is 13.8. The Kier molecular flexibility index (Phi) is 16.4. The minimum Gasteiger partial charge on any atom is -0.491 e. The van der Waals surface area contributed by atoms with Crippen LogP contribution < -0.4 is 4.74 Å². The highest BCUT2D eigenvalue weighted by Gasteiger charge is 2.24. The topological polar surface area (TPSA) is 40.2 Å². The van der Waals surface area contributed by atoms with Crippen LogP contribution in [0.3, 0.4) is 0 Å². The summed E-state index contributed by atoms with van der Waals surface area (Å²) in [5.74, 6) is 0.895. The van der Waals surface area contributed by atoms with Crippen LogP contribution in [0.1, 0.15) is 103 Å². The molecule has 1 aromatic carbocycles. The number of ether oxygens (including phenoxy) is 4. The molecule has 1 saturated heterocycles. The minimum atomic E-state index is -0.0538. The third kappa shape index (κ3) is 15.4. The Morgan fingerprint density at radius 2 is 1.39 bits per heavy atom. The fourth-order valence-corrected chi connectivity index (χ4v) is 4.04. The molecule has 0 aromatic heterocycles. The maximum Gasteiger partial charge on any atom is 0.119 e. The van der Waals surface area contributed by atoms with Gasteiger partial charge in [-0.25, -0.2) is 0 Å². The highest BCUT2D eigenvalue weighted by atomic mass is 16.6. The molecule has 190 valence electrons. The van der Waals surface area contributed by atoms with Crippen LogP contribution in [0.4, 0.5) is 0 Å². The maximum atomic E-state index is 5.99. The van der Waals surface area contributed by atoms with Crippen molar-refractivity contribution >= 4 is 0 Å². The SMILES string of the molecule is CCCCCCCCCCCCCCOCC(COc1ccc(CCC)cc1)OCC1CO1. The van der Waals surface area contributed by atoms with Gasteiger partial charge in [-0.3, -0.25) is 0 Å². The van der Waals surface area contributed by atoms with Gasteiger partial charge in [0.25, 0.3) is 0 Å². The summed E-state index contributed by atoms with van der Waals surface area (Å²) in [5.41, 5.74) is 1.36. The Balaban J connectivity index is 1.47. The number of epoxide rings is 1. The Hall–Kier alpha value is -1.10. The largest absolute Gasteiger partial charge is 0.491 e. The molecule has 1 fully saturated rings. The predicted octanol–water partition coefficient (Wildman–Crippen LogP) is 7.52. The van der Waals surface area contributed by atoms with E-state index in [2.05, 4.69) is 38.1 Å². The van der Waals surface area contributed by atoms with E-state index in [1.165, 1.54) is 76.2 Å². The molecular formula is C29H50O4. The van der Waals surface area contributed by atoms with Gasteiger partial charge in [-0.2, -0.15) is 0 Å². The Bertz CT molecular complexity index is 555. The minimum absolute atomic E-state index is 0.0538. The van der Waals surface area contributed by atoms with Crippen LogP contribution in [0, 0.1) is 0 Å². The zero-order chi connectivity index (χ0) is 23.4. The van der Waals surface area contributed by atoms with Gasteiger partial charge in [0.1, 0.15) is 24.6 Å². The van der Waals surface area contributed by atoms with Gasteiger partial charge in [-0.05, 0) is 30.5 Å². The van der Waals surface area contributed by atoms with Gasteiger partial charge < -0.3 is 18.9 Å². The fraction of sp³-hybridized carbons (Fsp3) is 0.793. The molecular weight excluding hydrogens is 412 g/mol. The smallest absolute Gasteiger partial charge is 0.119 e. The van der Waals surface area contributed by atoms with Crippen molar-refractivity contribution in [3.8, 4) is 5.75 Å². The lowest BCUT2D eigenvalue weighted by Crippen LogP contribution is -2.29. The molecule has 2 unspecified atom stereocenters. The summed E-state index contributed by atoms with van der Waals surface area (Å²) in [6.45, 7) is 7.83. The molecule has 2 atom stereocenters. The molecule has 0 N–H and O–H groups in total. The molecule has 1 aliphatic heterocycles. The lowest BCUT2D eigenvalue weighted by atomic mass is 10.1. The van der Waals surface area contributed by atoms with Crippen LogP contribution in [0.25, 0.3) is 0 Å². The van der Waals surface area contributed by atoms with Crippen molar-refractivity contribution in [1.29, 1.82) is 0 Å². The highest BCUT2D eigenvalue weighted by molar-refractivity contribution is 5.27. The molecule has 1 aliphatic rings. The zero-order valence-corrected chi connectivity index (χ0v) is 21.5. The number of hydrogen-bond acceptors (Lipinski definition) is 4. The number of unbranched alkanes of at least 4 members (excludes halogenated alkanes) is 11. The summed E-state index contributed by atoms with van der Waals surface area (Å²) >= 11 is 0. The van der Waals surface area contributed by atoms with Crippen LogP contribution in [-0.4, -0.2) is 45.2 Å². The number of hydrogen-bond donors (Lipinski definition) is 0. The number of benzene rings is 1. The van der Waals surface area contributed by atoms with Crippen molar-refractivity contribution in [3.05, 3.63) is 29.8 Å². The van der Waals surface area contributed by atoms with Crippen molar-refractivity contribution in [2.45, 2.75) is 116 Å². The van der Waals surface area contributed by atoms with E-state index < -0.39 is 0 Å². The van der Waals surface area contributed by atoms with Crippen molar-refractivity contribution in [2.24, 2.45) is 0 Å². The molecule has 0 radical (unpaired) electrons. The maximum absolute atomic E-state index is 5.99. The lowest BCUT2D eigenvalue weighted by molar-refractivity contribution is -0.0418. The fourth-order valence-electron chi connectivity index (χ4n) is 4.04. The summed E-state index contributed by atoms with van der Waals surface area (Å²) in [5, 5.41) is 0. The second kappa shape index (κ2) is 19.2. The average molecular weight is 463 g/mol. The Labute approximate surface area is 203 Å². The van der Waals surface area contributed by atoms with Gasteiger partial charge in [-0.1, -0.05) is 103 Å². The van der Waals surface area contributed by atoms with Gasteiger partial charge in [0.2, 0.25) is 0 Å². The molecule has 2 rings (SSSR count). The predicted molar refractivity (Wildman–Crippen MR) is 137 cm³/mol. The number of rotatable bonds is 23. The standard InChI is InChI=1S/C29H50O4/c1-3-5-6-7-8-9-10-11-12-13-14-15-21-30-22-28(32-24-29-25-33-29)23-31-27-19-17-26(16-4-2)18-20-27/h17-20,28-29H,3-16,21-25H2,1-2H3. The van der Waals surface area contributed by atoms with Crippen LogP contribution in [-0.2, 0) is 20.6 Å². The van der Waals surface area contributed by atoms with Crippen molar-refractivity contribution in [2.75, 3.05) is 33.0 Å². The highest BCUT2D eigenvalue weighted by Crippen LogP contribution is 2.16. The zero-order valence-electron chi connectivity index (χ0n) is 21.5. The molecule has 0 spiro atoms. The molecule has 0 bridgehead atoms. The summed E-state index contributed by atoms with van der Waals surface area (Å²) in [6, 6.07) is 8.41.